The van der Waals surface area contributed by atoms with Crippen LogP contribution in [0.5, 0.6) is 0 Å². The summed E-state index contributed by atoms with van der Waals surface area (Å²) in [7, 11) is 0. The van der Waals surface area contributed by atoms with E-state index in [0.717, 1.165) is 0 Å². The van der Waals surface area contributed by atoms with Gasteiger partial charge in [-0.1, -0.05) is 0 Å². The molecule has 0 nitrogen and oxygen atoms in total. The molecule has 4 radical (unpaired) electrons. The van der Waals surface area contributed by atoms with Gasteiger partial charge in [0.2, 0.25) is 0 Å². The summed E-state index contributed by atoms with van der Waals surface area (Å²) in [5, 5.41) is 0. The van der Waals surface area contributed by atoms with Crippen LogP contribution in [-0.2, 0) is 40.8 Å². The van der Waals surface area contributed by atoms with E-state index in [-0.39, 0.29) is 88.1 Å². The van der Waals surface area contributed by atoms with Crippen molar-refractivity contribution in [3.8, 4) is 0 Å². The summed E-state index contributed by atoms with van der Waals surface area (Å²) in [6.07, 6.45) is 0. The Morgan fingerprint density at radius 1 is 0.750 bits per heavy atom. The summed E-state index contributed by atoms with van der Waals surface area (Å²) in [6, 6.07) is 0. The molecule has 0 aliphatic rings. The Kier molecular flexibility index (Phi) is 122. The van der Waals surface area contributed by atoms with Crippen molar-refractivity contribution in [1.29, 1.82) is 0 Å². The average Bonchev–Trinajstić information content (AvgIpc) is 0. The molecule has 0 aliphatic heterocycles. The van der Waals surface area contributed by atoms with Crippen LogP contribution in [-0.4, -0.2) is 47.3 Å². The summed E-state index contributed by atoms with van der Waals surface area (Å²) >= 11 is 0. The van der Waals surface area contributed by atoms with E-state index in [0.29, 0.717) is 0 Å². The maximum absolute atomic E-state index is 0. The molecule has 0 saturated heterocycles. The molecular weight excluding hydrogens is 400 g/mol. The van der Waals surface area contributed by atoms with Crippen LogP contribution in [0.25, 0.3) is 0 Å². The van der Waals surface area contributed by atoms with Gasteiger partial charge >= 0.3 is 40.8 Å². The predicted molar refractivity (Wildman–Crippen MR) is 18.9 cm³/mol. The van der Waals surface area contributed by atoms with Crippen molar-refractivity contribution in [1.82, 2.24) is 0 Å². The first-order valence-corrected chi connectivity index (χ1v) is 0. The molecule has 4 heteroatoms. The Balaban J connectivity index is 0. The predicted octanol–water partition coefficient (Wildman–Crippen LogP) is -0.767. The molecule has 0 saturated carbocycles. The normalized spacial score (nSPS) is 0. The van der Waals surface area contributed by atoms with Crippen molar-refractivity contribution in [2.45, 2.75) is 0 Å². The van der Waals surface area contributed by atoms with Crippen LogP contribution in [0.3, 0.4) is 0 Å². The van der Waals surface area contributed by atoms with Gasteiger partial charge in [-0.3, -0.25) is 0 Å². The fraction of sp³-hybridized carbons (Fsp3) is 0. The van der Waals surface area contributed by atoms with Gasteiger partial charge in [-0.05, 0) is 0 Å². The number of hydrogen-bond acceptors (Lipinski definition) is 0. The van der Waals surface area contributed by atoms with Crippen LogP contribution in [0.2, 0.25) is 0 Å². The molecule has 0 rings (SSSR count). The molecule has 0 spiro atoms. The maximum atomic E-state index is 0. The van der Waals surface area contributed by atoms with E-state index in [9.17, 15) is 0 Å². The van der Waals surface area contributed by atoms with E-state index in [1.165, 1.54) is 0 Å². The minimum absolute atomic E-state index is 0. The number of hydrogen-bond donors (Lipinski definition) is 0. The summed E-state index contributed by atoms with van der Waals surface area (Å²) in [5.41, 5.74) is 0. The van der Waals surface area contributed by atoms with E-state index >= 15 is 0 Å². The fourth-order valence-corrected chi connectivity index (χ4v) is 0. The van der Waals surface area contributed by atoms with E-state index in [2.05, 4.69) is 0 Å². The molecule has 20 valence electrons. The largest absolute Gasteiger partial charge is 2.00 e. The third-order valence-corrected chi connectivity index (χ3v) is 0. The maximum Gasteiger partial charge on any atom is 2.00 e. The monoisotopic (exact) mass is 406 g/mol. The molecule has 0 aromatic carbocycles. The van der Waals surface area contributed by atoms with Crippen LogP contribution < -0.4 is 0 Å². The van der Waals surface area contributed by atoms with Crippen LogP contribution >= 0.6 is 0 Å². The zero-order valence-electron chi connectivity index (χ0n) is 1.93. The molecule has 0 atom stereocenters. The second kappa shape index (κ2) is 16.9. The fourth-order valence-electron chi connectivity index (χ4n) is 0. The Labute approximate surface area is 86.5 Å². The Morgan fingerprint density at radius 2 is 0.750 bits per heavy atom. The van der Waals surface area contributed by atoms with Gasteiger partial charge in [0, 0.05) is 0 Å². The van der Waals surface area contributed by atoms with Gasteiger partial charge in [-0.15, -0.1) is 0 Å². The van der Waals surface area contributed by atoms with Crippen LogP contribution in [0.1, 0.15) is 0 Å². The van der Waals surface area contributed by atoms with Crippen LogP contribution in [0, 0.1) is 0 Å². The molecule has 0 N–H and O–H groups in total. The topological polar surface area (TPSA) is 0 Å². The summed E-state index contributed by atoms with van der Waals surface area (Å²) in [4.78, 5) is 0. The SMILES string of the molecule is [Cd+2].[S+2].[Te-2].[Te-2]. The molecular formula is CdSTe2. The minimum atomic E-state index is 0. The Hall–Kier alpha value is 2.85. The second-order valence-corrected chi connectivity index (χ2v) is 0. The van der Waals surface area contributed by atoms with Gasteiger partial charge < -0.3 is 47.3 Å². The Morgan fingerprint density at radius 3 is 0.750 bits per heavy atom. The van der Waals surface area contributed by atoms with Crippen LogP contribution in [0.4, 0.5) is 0 Å². The van der Waals surface area contributed by atoms with Crippen LogP contribution in [0.15, 0.2) is 0 Å². The molecule has 0 bridgehead atoms. The van der Waals surface area contributed by atoms with Gasteiger partial charge in [0.25, 0.3) is 0 Å². The first-order valence-electron chi connectivity index (χ1n) is 0. The summed E-state index contributed by atoms with van der Waals surface area (Å²) in [6.45, 7) is 0. The second-order valence-electron chi connectivity index (χ2n) is 0. The van der Waals surface area contributed by atoms with Gasteiger partial charge in [0.15, 0.2) is 0 Å². The minimum Gasteiger partial charge on any atom is -2.00 e. The van der Waals surface area contributed by atoms with Crippen molar-refractivity contribution >= 4 is 60.8 Å². The van der Waals surface area contributed by atoms with Crippen molar-refractivity contribution in [2.75, 3.05) is 0 Å². The quantitative estimate of drug-likeness (QED) is 0.470. The van der Waals surface area contributed by atoms with Crippen molar-refractivity contribution < 1.29 is 27.3 Å². The molecule has 0 aliphatic carbocycles. The smallest absolute Gasteiger partial charge is 2.00 e. The Bertz CT molecular complexity index is 6.00. The molecule has 4 heavy (non-hydrogen) atoms. The third-order valence-electron chi connectivity index (χ3n) is 0. The number of rotatable bonds is 0. The third kappa shape index (κ3) is 8.85. The van der Waals surface area contributed by atoms with Gasteiger partial charge in [-0.2, -0.15) is 0 Å². The molecule has 0 aromatic heterocycles. The zero-order chi connectivity index (χ0) is 0. The zero-order valence-corrected chi connectivity index (χ0v) is 11.4. The van der Waals surface area contributed by atoms with E-state index in [4.69, 9.17) is 0 Å². The first-order chi connectivity index (χ1) is 0. The van der Waals surface area contributed by atoms with Crippen molar-refractivity contribution in [3.63, 3.8) is 0 Å². The molecule has 0 amide bonds. The van der Waals surface area contributed by atoms with E-state index < -0.39 is 0 Å². The van der Waals surface area contributed by atoms with Gasteiger partial charge in [0.1, 0.15) is 0 Å². The van der Waals surface area contributed by atoms with E-state index in [1.54, 1.807) is 0 Å². The van der Waals surface area contributed by atoms with Gasteiger partial charge in [0.05, 0.1) is 0 Å². The van der Waals surface area contributed by atoms with Gasteiger partial charge in [-0.25, -0.2) is 0 Å². The molecule has 0 aromatic rings. The molecule has 0 heterocycles. The first kappa shape index (κ1) is 28.9. The molecule has 0 fully saturated rings. The summed E-state index contributed by atoms with van der Waals surface area (Å²) in [5.74, 6) is 0. The summed E-state index contributed by atoms with van der Waals surface area (Å²) < 4.78 is 0. The van der Waals surface area contributed by atoms with Crippen molar-refractivity contribution in [2.24, 2.45) is 0 Å². The van der Waals surface area contributed by atoms with Crippen molar-refractivity contribution in [3.05, 3.63) is 0 Å². The average molecular weight is 400 g/mol. The standard InChI is InChI=1S/Cd.S.2Te/q2*+2;2*-2. The molecule has 0 unspecified atom stereocenters. The van der Waals surface area contributed by atoms with E-state index in [1.807, 2.05) is 0 Å².